The lowest BCUT2D eigenvalue weighted by atomic mass is 10.2. The number of thiophene rings is 1. The Hall–Kier alpha value is -2.58. The highest BCUT2D eigenvalue weighted by molar-refractivity contribution is 7.18. The molecule has 1 amide bonds. The Balaban J connectivity index is 1.18. The molecule has 0 aliphatic heterocycles. The van der Waals surface area contributed by atoms with Crippen molar-refractivity contribution < 1.29 is 9.21 Å². The molecule has 0 saturated carbocycles. The highest BCUT2D eigenvalue weighted by Crippen LogP contribution is 2.22. The molecule has 3 heterocycles. The van der Waals surface area contributed by atoms with Gasteiger partial charge >= 0.3 is 0 Å². The second kappa shape index (κ2) is 8.41. The van der Waals surface area contributed by atoms with Gasteiger partial charge in [-0.2, -0.15) is 11.3 Å². The van der Waals surface area contributed by atoms with Crippen LogP contribution in [0.2, 0.25) is 0 Å². The molecule has 6 nitrogen and oxygen atoms in total. The lowest BCUT2D eigenvalue weighted by Crippen LogP contribution is -2.25. The van der Waals surface area contributed by atoms with Gasteiger partial charge in [-0.1, -0.05) is 12.1 Å². The van der Waals surface area contributed by atoms with Crippen molar-refractivity contribution in [3.05, 3.63) is 52.0 Å². The van der Waals surface area contributed by atoms with Crippen LogP contribution in [0.5, 0.6) is 0 Å². The first-order valence-corrected chi connectivity index (χ1v) is 10.5. The van der Waals surface area contributed by atoms with Gasteiger partial charge in [0.25, 0.3) is 0 Å². The van der Waals surface area contributed by atoms with E-state index in [1.54, 1.807) is 22.7 Å². The summed E-state index contributed by atoms with van der Waals surface area (Å²) < 4.78 is 6.79. The standard InChI is InChI=1S/C19H18N4O2S2/c24-16(7-8-17-22-23-19(25-17)13-9-11-26-12-13)20-10-3-6-18-21-14-4-1-2-5-15(14)27-18/h1-2,4-5,9,11-12H,3,6-8,10H2,(H,20,24). The van der Waals surface area contributed by atoms with E-state index < -0.39 is 0 Å². The molecule has 0 unspecified atom stereocenters. The molecular weight excluding hydrogens is 380 g/mol. The Morgan fingerprint density at radius 2 is 2.07 bits per heavy atom. The molecule has 0 aliphatic rings. The maximum atomic E-state index is 12.0. The third-order valence-corrected chi connectivity index (χ3v) is 5.81. The zero-order valence-electron chi connectivity index (χ0n) is 14.6. The summed E-state index contributed by atoms with van der Waals surface area (Å²) in [7, 11) is 0. The first-order valence-electron chi connectivity index (χ1n) is 8.74. The van der Waals surface area contributed by atoms with Crippen LogP contribution in [0.4, 0.5) is 0 Å². The fourth-order valence-electron chi connectivity index (χ4n) is 2.66. The summed E-state index contributed by atoms with van der Waals surface area (Å²) in [6.45, 7) is 0.638. The van der Waals surface area contributed by atoms with E-state index in [-0.39, 0.29) is 5.91 Å². The molecule has 0 aliphatic carbocycles. The zero-order chi connectivity index (χ0) is 18.5. The Labute approximate surface area is 164 Å². The van der Waals surface area contributed by atoms with Crippen LogP contribution in [0.25, 0.3) is 21.7 Å². The second-order valence-corrected chi connectivity index (χ2v) is 7.94. The van der Waals surface area contributed by atoms with Gasteiger partial charge in [-0.05, 0) is 30.0 Å². The number of carbonyl (C=O) groups excluding carboxylic acids is 1. The molecular formula is C19H18N4O2S2. The minimum Gasteiger partial charge on any atom is -0.421 e. The normalized spacial score (nSPS) is 11.1. The van der Waals surface area contributed by atoms with Crippen molar-refractivity contribution in [3.63, 3.8) is 0 Å². The number of fused-ring (bicyclic) bond motifs is 1. The van der Waals surface area contributed by atoms with Gasteiger partial charge in [0.1, 0.15) is 0 Å². The molecule has 4 rings (SSSR count). The molecule has 1 aromatic carbocycles. The Bertz CT molecular complexity index is 990. The third-order valence-electron chi connectivity index (χ3n) is 4.03. The van der Waals surface area contributed by atoms with Gasteiger partial charge in [-0.25, -0.2) is 4.98 Å². The topological polar surface area (TPSA) is 80.9 Å². The number of hydrogen-bond donors (Lipinski definition) is 1. The van der Waals surface area contributed by atoms with Gasteiger partial charge in [0.2, 0.25) is 17.7 Å². The molecule has 0 saturated heterocycles. The van der Waals surface area contributed by atoms with Gasteiger partial charge < -0.3 is 9.73 Å². The van der Waals surface area contributed by atoms with Crippen LogP contribution in [-0.2, 0) is 17.6 Å². The molecule has 0 fully saturated rings. The summed E-state index contributed by atoms with van der Waals surface area (Å²) >= 11 is 3.29. The minimum atomic E-state index is -0.00502. The summed E-state index contributed by atoms with van der Waals surface area (Å²) in [4.78, 5) is 16.6. The summed E-state index contributed by atoms with van der Waals surface area (Å²) in [6.07, 6.45) is 2.52. The van der Waals surface area contributed by atoms with E-state index in [2.05, 4.69) is 26.6 Å². The van der Waals surface area contributed by atoms with E-state index in [0.29, 0.717) is 31.2 Å². The summed E-state index contributed by atoms with van der Waals surface area (Å²) in [6, 6.07) is 10.1. The number of nitrogens with one attached hydrogen (secondary N) is 1. The number of benzene rings is 1. The smallest absolute Gasteiger partial charge is 0.248 e. The van der Waals surface area contributed by atoms with Crippen molar-refractivity contribution in [2.75, 3.05) is 6.54 Å². The number of rotatable bonds is 8. The van der Waals surface area contributed by atoms with Crippen LogP contribution in [0.3, 0.4) is 0 Å². The Kier molecular flexibility index (Phi) is 5.55. The van der Waals surface area contributed by atoms with Gasteiger partial charge in [0, 0.05) is 36.8 Å². The van der Waals surface area contributed by atoms with E-state index in [1.807, 2.05) is 35.0 Å². The number of aryl methyl sites for hydroxylation is 2. The summed E-state index contributed by atoms with van der Waals surface area (Å²) in [5.41, 5.74) is 1.96. The van der Waals surface area contributed by atoms with Gasteiger partial charge in [0.15, 0.2) is 0 Å². The van der Waals surface area contributed by atoms with E-state index in [4.69, 9.17) is 4.42 Å². The van der Waals surface area contributed by atoms with E-state index in [0.717, 1.165) is 28.9 Å². The third kappa shape index (κ3) is 4.58. The van der Waals surface area contributed by atoms with E-state index >= 15 is 0 Å². The molecule has 138 valence electrons. The fraction of sp³-hybridized carbons (Fsp3) is 0.263. The first kappa shape index (κ1) is 17.8. The number of amides is 1. The number of hydrogen-bond acceptors (Lipinski definition) is 7. The van der Waals surface area contributed by atoms with E-state index in [9.17, 15) is 4.79 Å². The highest BCUT2D eigenvalue weighted by Gasteiger charge is 2.11. The van der Waals surface area contributed by atoms with Crippen LogP contribution >= 0.6 is 22.7 Å². The molecule has 1 N–H and O–H groups in total. The van der Waals surface area contributed by atoms with Crippen molar-refractivity contribution >= 4 is 38.8 Å². The Morgan fingerprint density at radius 1 is 1.15 bits per heavy atom. The lowest BCUT2D eigenvalue weighted by molar-refractivity contribution is -0.121. The fourth-order valence-corrected chi connectivity index (χ4v) is 4.30. The van der Waals surface area contributed by atoms with Crippen molar-refractivity contribution in [1.82, 2.24) is 20.5 Å². The predicted octanol–water partition coefficient (Wildman–Crippen LogP) is 4.09. The molecule has 0 atom stereocenters. The average Bonchev–Trinajstić information content (AvgIpc) is 3.43. The lowest BCUT2D eigenvalue weighted by Gasteiger charge is -2.03. The van der Waals surface area contributed by atoms with Crippen molar-refractivity contribution in [2.24, 2.45) is 0 Å². The highest BCUT2D eigenvalue weighted by atomic mass is 32.1. The van der Waals surface area contributed by atoms with E-state index in [1.165, 1.54) is 4.70 Å². The maximum absolute atomic E-state index is 12.0. The molecule has 3 aromatic heterocycles. The predicted molar refractivity (Wildman–Crippen MR) is 107 cm³/mol. The molecule has 0 radical (unpaired) electrons. The molecule has 4 aromatic rings. The van der Waals surface area contributed by atoms with Gasteiger partial charge in [-0.15, -0.1) is 21.5 Å². The minimum absolute atomic E-state index is 0.00502. The number of aromatic nitrogens is 3. The van der Waals surface area contributed by atoms with Crippen LogP contribution < -0.4 is 5.32 Å². The van der Waals surface area contributed by atoms with Crippen LogP contribution in [0.1, 0.15) is 23.7 Å². The van der Waals surface area contributed by atoms with Crippen LogP contribution in [-0.4, -0.2) is 27.6 Å². The van der Waals surface area contributed by atoms with Crippen molar-refractivity contribution in [1.29, 1.82) is 0 Å². The van der Waals surface area contributed by atoms with Crippen LogP contribution in [0.15, 0.2) is 45.5 Å². The van der Waals surface area contributed by atoms with Crippen molar-refractivity contribution in [2.45, 2.75) is 25.7 Å². The number of para-hydroxylation sites is 1. The second-order valence-electron chi connectivity index (χ2n) is 6.04. The quantitative estimate of drug-likeness (QED) is 0.452. The summed E-state index contributed by atoms with van der Waals surface area (Å²) in [5.74, 6) is 0.984. The van der Waals surface area contributed by atoms with Gasteiger partial charge in [-0.3, -0.25) is 4.79 Å². The van der Waals surface area contributed by atoms with Crippen molar-refractivity contribution in [3.8, 4) is 11.5 Å². The monoisotopic (exact) mass is 398 g/mol. The number of nitrogens with zero attached hydrogens (tertiary/aromatic N) is 3. The first-order chi connectivity index (χ1) is 13.3. The average molecular weight is 399 g/mol. The molecule has 0 bridgehead atoms. The maximum Gasteiger partial charge on any atom is 0.248 e. The molecule has 27 heavy (non-hydrogen) atoms. The largest absolute Gasteiger partial charge is 0.421 e. The number of thiazole rings is 1. The zero-order valence-corrected chi connectivity index (χ0v) is 16.2. The number of carbonyl (C=O) groups is 1. The molecule has 0 spiro atoms. The van der Waals surface area contributed by atoms with Gasteiger partial charge in [0.05, 0.1) is 15.2 Å². The molecule has 8 heteroatoms. The SMILES string of the molecule is O=C(CCc1nnc(-c2ccsc2)o1)NCCCc1nc2ccccc2s1. The summed E-state index contributed by atoms with van der Waals surface area (Å²) in [5, 5.41) is 16.0. The Morgan fingerprint density at radius 3 is 2.93 bits per heavy atom. The van der Waals surface area contributed by atoms with Crippen LogP contribution in [0, 0.1) is 0 Å².